The maximum atomic E-state index is 14.5. The van der Waals surface area contributed by atoms with E-state index in [1.807, 2.05) is 0 Å². The number of H-pyrrole nitrogens is 1. The van der Waals surface area contributed by atoms with Crippen molar-refractivity contribution in [3.63, 3.8) is 0 Å². The van der Waals surface area contributed by atoms with Crippen molar-refractivity contribution >= 4 is 35.0 Å². The number of rotatable bonds is 8. The topological polar surface area (TPSA) is 164 Å². The minimum atomic E-state index is -1.22. The van der Waals surface area contributed by atoms with Crippen LogP contribution in [0.25, 0.3) is 0 Å². The predicted molar refractivity (Wildman–Crippen MR) is 153 cm³/mol. The van der Waals surface area contributed by atoms with Crippen LogP contribution in [-0.4, -0.2) is 94.1 Å². The van der Waals surface area contributed by atoms with E-state index in [-0.39, 0.29) is 46.0 Å². The number of piperazine rings is 1. The third kappa shape index (κ3) is 6.80. The van der Waals surface area contributed by atoms with Gasteiger partial charge in [0.2, 0.25) is 11.7 Å². The summed E-state index contributed by atoms with van der Waals surface area (Å²) < 4.78 is 33.6. The third-order valence-corrected chi connectivity index (χ3v) is 7.70. The van der Waals surface area contributed by atoms with Gasteiger partial charge in [0.1, 0.15) is 6.07 Å². The molecule has 0 bridgehead atoms. The number of halogens is 3. The smallest absolute Gasteiger partial charge is 0.291 e. The molecule has 230 valence electrons. The lowest BCUT2D eigenvalue weighted by molar-refractivity contribution is -0.134. The number of aliphatic hydroxyl groups is 1. The van der Waals surface area contributed by atoms with Crippen molar-refractivity contribution in [1.29, 1.82) is 5.26 Å². The van der Waals surface area contributed by atoms with Gasteiger partial charge in [-0.25, -0.2) is 9.37 Å². The number of aliphatic hydroxyl groups excluding tert-OH is 1. The molecular weight excluding hydrogens is 600 g/mol. The van der Waals surface area contributed by atoms with Crippen molar-refractivity contribution in [1.82, 2.24) is 25.1 Å². The van der Waals surface area contributed by atoms with Crippen molar-refractivity contribution in [2.45, 2.75) is 25.0 Å². The fourth-order valence-corrected chi connectivity index (χ4v) is 5.34. The number of hydrogen-bond acceptors (Lipinski definition) is 8. The zero-order chi connectivity index (χ0) is 31.4. The van der Waals surface area contributed by atoms with Crippen LogP contribution < -0.4 is 15.4 Å². The predicted octanol–water partition coefficient (Wildman–Crippen LogP) is 2.09. The Morgan fingerprint density at radius 2 is 1.89 bits per heavy atom. The van der Waals surface area contributed by atoms with Crippen molar-refractivity contribution in [3.05, 3.63) is 75.8 Å². The van der Waals surface area contributed by atoms with Crippen molar-refractivity contribution in [2.75, 3.05) is 44.6 Å². The molecule has 3 amide bonds. The van der Waals surface area contributed by atoms with E-state index < -0.39 is 36.3 Å². The molecule has 0 aliphatic carbocycles. The summed E-state index contributed by atoms with van der Waals surface area (Å²) in [5, 5.41) is 24.0. The first-order valence-corrected chi connectivity index (χ1v) is 14.1. The Balaban J connectivity index is 1.16. The average molecular weight is 628 g/mol. The number of aromatic nitrogens is 2. The molecule has 15 heteroatoms. The number of benzene rings is 2. The lowest BCUT2D eigenvalue weighted by Gasteiger charge is -2.36. The van der Waals surface area contributed by atoms with Crippen molar-refractivity contribution in [2.24, 2.45) is 0 Å². The van der Waals surface area contributed by atoms with Gasteiger partial charge in [-0.15, -0.1) is 0 Å². The van der Waals surface area contributed by atoms with Gasteiger partial charge in [0, 0.05) is 56.7 Å². The lowest BCUT2D eigenvalue weighted by atomic mass is 10.1. The van der Waals surface area contributed by atoms with Crippen LogP contribution in [0, 0.1) is 23.0 Å². The summed E-state index contributed by atoms with van der Waals surface area (Å²) >= 11 is 6.40. The first-order valence-electron chi connectivity index (χ1n) is 13.8. The molecule has 12 nitrogen and oxygen atoms in total. The summed E-state index contributed by atoms with van der Waals surface area (Å²) in [4.78, 5) is 48.6. The van der Waals surface area contributed by atoms with Gasteiger partial charge in [-0.05, 0) is 36.2 Å². The molecule has 0 unspecified atom stereocenters. The zero-order valence-corrected chi connectivity index (χ0v) is 24.0. The van der Waals surface area contributed by atoms with Gasteiger partial charge in [-0.2, -0.15) is 9.65 Å². The highest BCUT2D eigenvalue weighted by Crippen LogP contribution is 2.26. The monoisotopic (exact) mass is 627 g/mol. The number of amides is 3. The number of anilines is 1. The summed E-state index contributed by atoms with van der Waals surface area (Å²) in [5.41, 5.74) is 0.881. The summed E-state index contributed by atoms with van der Waals surface area (Å²) in [6.45, 7) is 1.33. The molecule has 4 N–H and O–H groups in total. The number of hydrogen-bond donors (Lipinski definition) is 4. The number of imidazole rings is 1. The second kappa shape index (κ2) is 13.4. The molecule has 2 saturated heterocycles. The first kappa shape index (κ1) is 30.9. The fraction of sp³-hybridized carbons (Fsp3) is 0.345. The Labute approximate surface area is 255 Å². The van der Waals surface area contributed by atoms with Gasteiger partial charge in [0.25, 0.3) is 11.8 Å². The minimum Gasteiger partial charge on any atom is -0.476 e. The molecule has 0 saturated carbocycles. The van der Waals surface area contributed by atoms with Crippen LogP contribution in [0.15, 0.2) is 36.5 Å². The minimum absolute atomic E-state index is 0.00636. The average Bonchev–Trinajstić information content (AvgIpc) is 3.68. The van der Waals surface area contributed by atoms with E-state index in [1.54, 1.807) is 15.9 Å². The number of ether oxygens (including phenoxy) is 1. The number of β-amino-alcohol motifs (C(OH)–C–C–N with tert-alkyl or cyclic N) is 1. The second-order valence-corrected chi connectivity index (χ2v) is 10.8. The molecule has 44 heavy (non-hydrogen) atoms. The van der Waals surface area contributed by atoms with Gasteiger partial charge in [-0.3, -0.25) is 14.4 Å². The van der Waals surface area contributed by atoms with Gasteiger partial charge in [0.15, 0.2) is 24.0 Å². The normalized spacial score (nSPS) is 18.2. The van der Waals surface area contributed by atoms with Crippen LogP contribution in [0.3, 0.4) is 0 Å². The lowest BCUT2D eigenvalue weighted by Crippen LogP contribution is -2.54. The first-order chi connectivity index (χ1) is 21.1. The van der Waals surface area contributed by atoms with Crippen LogP contribution in [-0.2, 0) is 11.2 Å². The Bertz CT molecular complexity index is 1620. The Hall–Kier alpha value is -4.58. The Morgan fingerprint density at radius 1 is 1.14 bits per heavy atom. The highest BCUT2D eigenvalue weighted by Gasteiger charge is 2.33. The summed E-state index contributed by atoms with van der Waals surface area (Å²) in [7, 11) is 0. The quantitative estimate of drug-likeness (QED) is 0.295. The molecule has 2 fully saturated rings. The molecule has 2 atom stereocenters. The molecule has 0 spiro atoms. The number of nitrogens with one attached hydrogen (secondary N) is 3. The highest BCUT2D eigenvalue weighted by atomic mass is 35.5. The van der Waals surface area contributed by atoms with Gasteiger partial charge >= 0.3 is 0 Å². The molecule has 3 heterocycles. The summed E-state index contributed by atoms with van der Waals surface area (Å²) in [5.74, 6) is -3.83. The highest BCUT2D eigenvalue weighted by molar-refractivity contribution is 6.34. The SMILES string of the molecule is N#CCOc1ccc(Cc2cnc(C(=O)Nc3ccc(C(=O)N4CCN(C(=O)[C@@H]5C[C@H](O)CN5)CC4)c(Cl)c3)[nH]2)c(F)c1F. The largest absolute Gasteiger partial charge is 0.476 e. The van der Waals surface area contributed by atoms with Gasteiger partial charge in [-0.1, -0.05) is 17.7 Å². The molecule has 3 aromatic rings. The maximum absolute atomic E-state index is 14.5. The van der Waals surface area contributed by atoms with E-state index in [2.05, 4.69) is 20.6 Å². The molecule has 1 aromatic heterocycles. The van der Waals surface area contributed by atoms with Crippen LogP contribution in [0.5, 0.6) is 5.75 Å². The van der Waals surface area contributed by atoms with E-state index in [1.165, 1.54) is 36.5 Å². The second-order valence-electron chi connectivity index (χ2n) is 10.3. The van der Waals surface area contributed by atoms with E-state index >= 15 is 0 Å². The van der Waals surface area contributed by atoms with Gasteiger partial charge in [0.05, 0.1) is 22.7 Å². The van der Waals surface area contributed by atoms with Crippen LogP contribution in [0.4, 0.5) is 14.5 Å². The van der Waals surface area contributed by atoms with E-state index in [4.69, 9.17) is 21.6 Å². The number of aromatic amines is 1. The number of nitriles is 1. The maximum Gasteiger partial charge on any atom is 0.291 e. The standard InChI is InChI=1S/C29H28ClF2N7O5/c30-21-12-17(2-3-20(21)28(42)38-6-8-39(9-7-38)29(43)22-13-19(40)15-34-22)37-27(41)26-35-14-18(36-26)11-16-1-4-23(44-10-5-33)25(32)24(16)31/h1-4,12,14,19,22,34,40H,6-11,13,15H2,(H,35,36)(H,37,41)/t19-,22-/m0/s1. The molecule has 2 aliphatic rings. The van der Waals surface area contributed by atoms with E-state index in [0.717, 1.165) is 0 Å². The molecule has 2 aliphatic heterocycles. The van der Waals surface area contributed by atoms with Crippen LogP contribution in [0.1, 0.15) is 38.7 Å². The third-order valence-electron chi connectivity index (χ3n) is 7.39. The molecular formula is C29H28ClF2N7O5. The summed E-state index contributed by atoms with van der Waals surface area (Å²) in [6, 6.07) is 8.24. The number of carbonyl (C=O) groups is 3. The molecule has 5 rings (SSSR count). The van der Waals surface area contributed by atoms with Crippen LogP contribution in [0.2, 0.25) is 5.02 Å². The zero-order valence-electron chi connectivity index (χ0n) is 23.3. The molecule has 2 aromatic carbocycles. The van der Waals surface area contributed by atoms with Crippen molar-refractivity contribution < 1.29 is 33.0 Å². The van der Waals surface area contributed by atoms with Crippen molar-refractivity contribution in [3.8, 4) is 11.8 Å². The number of nitrogens with zero attached hydrogens (tertiary/aromatic N) is 4. The summed E-state index contributed by atoms with van der Waals surface area (Å²) in [6.07, 6.45) is 1.06. The molecule has 0 radical (unpaired) electrons. The van der Waals surface area contributed by atoms with E-state index in [9.17, 15) is 28.3 Å². The number of carbonyl (C=O) groups excluding carboxylic acids is 3. The Kier molecular flexibility index (Phi) is 9.38. The van der Waals surface area contributed by atoms with Gasteiger partial charge < -0.3 is 35.3 Å². The Morgan fingerprint density at radius 3 is 2.57 bits per heavy atom. The fourth-order valence-electron chi connectivity index (χ4n) is 5.08. The van der Waals surface area contributed by atoms with E-state index in [0.29, 0.717) is 50.5 Å². The van der Waals surface area contributed by atoms with Crippen LogP contribution >= 0.6 is 11.6 Å².